The molecule has 1 aromatic carbocycles. The lowest BCUT2D eigenvalue weighted by Gasteiger charge is -2.20. The summed E-state index contributed by atoms with van der Waals surface area (Å²) in [7, 11) is -2.52. The summed E-state index contributed by atoms with van der Waals surface area (Å²) in [5.41, 5.74) is 4.55. The van der Waals surface area contributed by atoms with Crippen molar-refractivity contribution in [1.29, 1.82) is 0 Å². The minimum absolute atomic E-state index is 0.212. The summed E-state index contributed by atoms with van der Waals surface area (Å²) in [5.74, 6) is -0.683. The Balaban J connectivity index is 2.10. The van der Waals surface area contributed by atoms with Crippen LogP contribution >= 0.6 is 7.14 Å². The molecule has 1 saturated heterocycles. The van der Waals surface area contributed by atoms with Gasteiger partial charge in [0.05, 0.1) is 5.69 Å². The smallest absolute Gasteiger partial charge is 0.368 e. The van der Waals surface area contributed by atoms with E-state index in [4.69, 9.17) is 10.5 Å². The fraction of sp³-hybridized carbons (Fsp3) is 0.412. The van der Waals surface area contributed by atoms with Crippen molar-refractivity contribution in [3.63, 3.8) is 0 Å². The summed E-state index contributed by atoms with van der Waals surface area (Å²) >= 11 is 0. The van der Waals surface area contributed by atoms with Gasteiger partial charge in [-0.2, -0.15) is 18.2 Å². The van der Waals surface area contributed by atoms with E-state index in [0.29, 0.717) is 18.3 Å². The second-order valence-electron chi connectivity index (χ2n) is 6.70. The molecule has 3 N–H and O–H groups in total. The Morgan fingerprint density at radius 1 is 1.22 bits per heavy atom. The van der Waals surface area contributed by atoms with Crippen LogP contribution in [-0.2, 0) is 15.5 Å². The number of anilines is 2. The number of benzene rings is 1. The van der Waals surface area contributed by atoms with Gasteiger partial charge in [-0.25, -0.2) is 4.98 Å². The molecule has 1 aliphatic rings. The summed E-state index contributed by atoms with van der Waals surface area (Å²) in [6.07, 6.45) is -3.93. The van der Waals surface area contributed by atoms with Gasteiger partial charge in [0.25, 0.3) is 0 Å². The minimum Gasteiger partial charge on any atom is -0.368 e. The zero-order chi connectivity index (χ0) is 19.8. The maximum atomic E-state index is 13.8. The quantitative estimate of drug-likeness (QED) is 0.763. The number of rotatable bonds is 4. The number of nitrogens with two attached hydrogens (primary N) is 1. The lowest BCUT2D eigenvalue weighted by molar-refractivity contribution is -0.136. The highest BCUT2D eigenvalue weighted by Crippen LogP contribution is 2.41. The Labute approximate surface area is 154 Å². The molecule has 1 aromatic heterocycles. The number of ether oxygens (including phenoxy) is 1. The van der Waals surface area contributed by atoms with Crippen LogP contribution in [0.1, 0.15) is 18.4 Å². The molecule has 0 aliphatic carbocycles. The Bertz CT molecular complexity index is 875. The highest BCUT2D eigenvalue weighted by molar-refractivity contribution is 7.70. The summed E-state index contributed by atoms with van der Waals surface area (Å²) in [5, 5.41) is 3.25. The highest BCUT2D eigenvalue weighted by atomic mass is 31.2. The number of aromatic nitrogens is 2. The average molecular weight is 400 g/mol. The Morgan fingerprint density at radius 2 is 1.89 bits per heavy atom. The molecule has 2 aromatic rings. The summed E-state index contributed by atoms with van der Waals surface area (Å²) in [6.45, 7) is 3.66. The van der Waals surface area contributed by atoms with Crippen molar-refractivity contribution < 1.29 is 22.5 Å². The van der Waals surface area contributed by atoms with Crippen LogP contribution in [0.2, 0.25) is 0 Å². The number of nitrogens with one attached hydrogen (secondary N) is 1. The van der Waals surface area contributed by atoms with E-state index in [9.17, 15) is 17.7 Å². The van der Waals surface area contributed by atoms with Gasteiger partial charge in [0.1, 0.15) is 24.8 Å². The van der Waals surface area contributed by atoms with Gasteiger partial charge in [0, 0.05) is 17.5 Å². The average Bonchev–Trinajstić information content (AvgIpc) is 3.05. The van der Waals surface area contributed by atoms with Crippen LogP contribution in [0.4, 0.5) is 24.9 Å². The molecule has 10 heteroatoms. The summed E-state index contributed by atoms with van der Waals surface area (Å²) < 4.78 is 59.0. The Morgan fingerprint density at radius 3 is 2.41 bits per heavy atom. The van der Waals surface area contributed by atoms with E-state index in [1.165, 1.54) is 12.1 Å². The zero-order valence-corrected chi connectivity index (χ0v) is 15.8. The van der Waals surface area contributed by atoms with Gasteiger partial charge in [-0.3, -0.25) is 0 Å². The van der Waals surface area contributed by atoms with E-state index in [-0.39, 0.29) is 17.2 Å². The number of halogens is 3. The molecule has 6 nitrogen and oxygen atoms in total. The lowest BCUT2D eigenvalue weighted by Crippen LogP contribution is -2.23. The van der Waals surface area contributed by atoms with Gasteiger partial charge < -0.3 is 20.4 Å². The van der Waals surface area contributed by atoms with Crippen LogP contribution in [0.25, 0.3) is 11.3 Å². The maximum Gasteiger partial charge on any atom is 0.422 e. The first-order chi connectivity index (χ1) is 12.6. The van der Waals surface area contributed by atoms with Crippen LogP contribution in [0.5, 0.6) is 0 Å². The third-order valence-corrected chi connectivity index (χ3v) is 5.74. The fourth-order valence-electron chi connectivity index (χ4n) is 2.88. The van der Waals surface area contributed by atoms with E-state index in [2.05, 4.69) is 15.3 Å². The van der Waals surface area contributed by atoms with Gasteiger partial charge in [-0.1, -0.05) is 24.3 Å². The fourth-order valence-corrected chi connectivity index (χ4v) is 3.75. The Kier molecular flexibility index (Phi) is 5.18. The van der Waals surface area contributed by atoms with Gasteiger partial charge in [0.2, 0.25) is 5.95 Å². The molecule has 1 fully saturated rings. The molecule has 0 amide bonds. The first-order valence-electron chi connectivity index (χ1n) is 8.34. The van der Waals surface area contributed by atoms with Crippen LogP contribution in [0.15, 0.2) is 24.3 Å². The molecular weight excluding hydrogens is 380 g/mol. The zero-order valence-electron chi connectivity index (χ0n) is 14.9. The normalized spacial score (nSPS) is 17.9. The standard InChI is InChI=1S/C17H20F3N4O2P/c1-27(2,25)11-7-5-10(6-8-11)14-13(17(18,19)20)15(24-16(21)23-14)22-12-4-3-9-26-12/h5-8,12H,3-4,9H2,1-2H3,(H3,21,22,23,24). The van der Waals surface area contributed by atoms with E-state index in [0.717, 1.165) is 6.42 Å². The van der Waals surface area contributed by atoms with Crippen molar-refractivity contribution in [2.45, 2.75) is 25.2 Å². The topological polar surface area (TPSA) is 90.1 Å². The van der Waals surface area contributed by atoms with Crippen molar-refractivity contribution in [3.8, 4) is 11.3 Å². The van der Waals surface area contributed by atoms with Crippen LogP contribution in [0, 0.1) is 0 Å². The molecule has 0 saturated carbocycles. The Hall–Kier alpha value is -2.12. The number of hydrogen-bond donors (Lipinski definition) is 2. The molecule has 0 spiro atoms. The lowest BCUT2D eigenvalue weighted by atomic mass is 10.1. The summed E-state index contributed by atoms with van der Waals surface area (Å²) in [6, 6.07) is 6.01. The van der Waals surface area contributed by atoms with Crippen LogP contribution in [0.3, 0.4) is 0 Å². The van der Waals surface area contributed by atoms with Crippen molar-refractivity contribution in [1.82, 2.24) is 9.97 Å². The van der Waals surface area contributed by atoms with Gasteiger partial charge in [-0.15, -0.1) is 0 Å². The van der Waals surface area contributed by atoms with Crippen molar-refractivity contribution in [2.75, 3.05) is 31.0 Å². The molecule has 1 aliphatic heterocycles. The van der Waals surface area contributed by atoms with Gasteiger partial charge >= 0.3 is 6.18 Å². The van der Waals surface area contributed by atoms with Gasteiger partial charge in [-0.05, 0) is 26.2 Å². The van der Waals surface area contributed by atoms with Crippen LogP contribution in [-0.4, -0.2) is 36.1 Å². The number of nitrogens with zero attached hydrogens (tertiary/aromatic N) is 2. The van der Waals surface area contributed by atoms with E-state index in [1.807, 2.05) is 0 Å². The third-order valence-electron chi connectivity index (χ3n) is 4.20. The van der Waals surface area contributed by atoms with E-state index in [1.54, 1.807) is 25.5 Å². The molecule has 1 atom stereocenters. The van der Waals surface area contributed by atoms with Crippen LogP contribution < -0.4 is 16.4 Å². The number of hydrogen-bond acceptors (Lipinski definition) is 6. The first-order valence-corrected chi connectivity index (χ1v) is 10.9. The molecule has 2 heterocycles. The molecule has 3 rings (SSSR count). The molecule has 0 radical (unpaired) electrons. The highest BCUT2D eigenvalue weighted by Gasteiger charge is 2.40. The molecular formula is C17H20F3N4O2P. The molecule has 27 heavy (non-hydrogen) atoms. The predicted octanol–water partition coefficient (Wildman–Crippen LogP) is 3.54. The first kappa shape index (κ1) is 19.6. The number of alkyl halides is 3. The molecule has 146 valence electrons. The largest absolute Gasteiger partial charge is 0.422 e. The van der Waals surface area contributed by atoms with Gasteiger partial charge in [0.15, 0.2) is 0 Å². The minimum atomic E-state index is -4.70. The second-order valence-corrected chi connectivity index (χ2v) is 9.91. The number of nitrogen functional groups attached to an aromatic ring is 1. The van der Waals surface area contributed by atoms with Crippen molar-refractivity contribution in [3.05, 3.63) is 29.8 Å². The maximum absolute atomic E-state index is 13.8. The second kappa shape index (κ2) is 7.13. The van der Waals surface area contributed by atoms with E-state index < -0.39 is 30.9 Å². The summed E-state index contributed by atoms with van der Waals surface area (Å²) in [4.78, 5) is 7.59. The molecule has 0 bridgehead atoms. The monoisotopic (exact) mass is 400 g/mol. The van der Waals surface area contributed by atoms with Crippen molar-refractivity contribution in [2.24, 2.45) is 0 Å². The van der Waals surface area contributed by atoms with E-state index >= 15 is 0 Å². The van der Waals surface area contributed by atoms with Crippen molar-refractivity contribution >= 4 is 24.2 Å². The predicted molar refractivity (Wildman–Crippen MR) is 98.6 cm³/mol. The third kappa shape index (κ3) is 4.42. The SMILES string of the molecule is CP(C)(=O)c1ccc(-c2nc(N)nc(NC3CCCO3)c2C(F)(F)F)cc1. The molecule has 1 unspecified atom stereocenters.